The summed E-state index contributed by atoms with van der Waals surface area (Å²) in [6, 6.07) is 24.1. The van der Waals surface area contributed by atoms with Crippen molar-refractivity contribution in [2.75, 3.05) is 20.3 Å². The van der Waals surface area contributed by atoms with E-state index < -0.39 is 5.97 Å². The van der Waals surface area contributed by atoms with Crippen LogP contribution in [-0.2, 0) is 22.6 Å². The lowest BCUT2D eigenvalue weighted by Gasteiger charge is -2.08. The van der Waals surface area contributed by atoms with E-state index in [1.165, 1.54) is 0 Å². The summed E-state index contributed by atoms with van der Waals surface area (Å²) in [5, 5.41) is 2.74. The molecule has 6 nitrogen and oxygen atoms in total. The minimum absolute atomic E-state index is 0.319. The Bertz CT molecular complexity index is 969. The Morgan fingerprint density at radius 3 is 2.16 bits per heavy atom. The molecule has 0 spiro atoms. The summed E-state index contributed by atoms with van der Waals surface area (Å²) in [6.45, 7) is 0.537. The Labute approximate surface area is 181 Å². The van der Waals surface area contributed by atoms with Crippen LogP contribution < -0.4 is 14.8 Å². The van der Waals surface area contributed by atoms with E-state index in [9.17, 15) is 9.59 Å². The fourth-order valence-electron chi connectivity index (χ4n) is 2.82. The summed E-state index contributed by atoms with van der Waals surface area (Å²) in [6.07, 6.45) is 0.677. The summed E-state index contributed by atoms with van der Waals surface area (Å²) in [4.78, 5) is 24.1. The van der Waals surface area contributed by atoms with E-state index in [1.807, 2.05) is 54.6 Å². The average Bonchev–Trinajstić information content (AvgIpc) is 2.82. The lowest BCUT2D eigenvalue weighted by molar-refractivity contribution is -0.124. The molecule has 160 valence electrons. The molecule has 0 heterocycles. The predicted molar refractivity (Wildman–Crippen MR) is 117 cm³/mol. The summed E-state index contributed by atoms with van der Waals surface area (Å²) < 4.78 is 15.9. The maximum Gasteiger partial charge on any atom is 0.338 e. The second kappa shape index (κ2) is 11.4. The highest BCUT2D eigenvalue weighted by Crippen LogP contribution is 2.13. The van der Waals surface area contributed by atoms with Crippen molar-refractivity contribution in [1.82, 2.24) is 5.32 Å². The van der Waals surface area contributed by atoms with Gasteiger partial charge in [0.05, 0.1) is 12.7 Å². The highest BCUT2D eigenvalue weighted by molar-refractivity contribution is 5.91. The minimum Gasteiger partial charge on any atom is -0.497 e. The second-order valence-corrected chi connectivity index (χ2v) is 6.82. The first-order chi connectivity index (χ1) is 15.1. The van der Waals surface area contributed by atoms with Crippen LogP contribution in [0.3, 0.4) is 0 Å². The molecular weight excluding hydrogens is 394 g/mol. The van der Waals surface area contributed by atoms with E-state index >= 15 is 0 Å². The maximum absolute atomic E-state index is 12.2. The van der Waals surface area contributed by atoms with Crippen molar-refractivity contribution < 1.29 is 23.8 Å². The molecule has 0 aliphatic heterocycles. The van der Waals surface area contributed by atoms with Gasteiger partial charge in [-0.1, -0.05) is 42.5 Å². The van der Waals surface area contributed by atoms with Gasteiger partial charge < -0.3 is 19.5 Å². The quantitative estimate of drug-likeness (QED) is 0.506. The first-order valence-electron chi connectivity index (χ1n) is 9.97. The van der Waals surface area contributed by atoms with Crippen LogP contribution in [0.15, 0.2) is 78.9 Å². The number of rotatable bonds is 10. The zero-order valence-electron chi connectivity index (χ0n) is 17.4. The SMILES string of the molecule is COc1ccc(CCNC(=O)COC(=O)c2ccc(COc3ccccc3)cc2)cc1. The number of hydrogen-bond donors (Lipinski definition) is 1. The second-order valence-electron chi connectivity index (χ2n) is 6.82. The first-order valence-corrected chi connectivity index (χ1v) is 9.97. The van der Waals surface area contributed by atoms with Crippen molar-refractivity contribution in [3.05, 3.63) is 95.6 Å². The van der Waals surface area contributed by atoms with E-state index in [0.717, 1.165) is 22.6 Å². The normalized spacial score (nSPS) is 10.2. The molecule has 0 fully saturated rings. The Hall–Kier alpha value is -3.80. The van der Waals surface area contributed by atoms with Gasteiger partial charge in [0.2, 0.25) is 0 Å². The third kappa shape index (κ3) is 7.19. The average molecular weight is 419 g/mol. The number of methoxy groups -OCH3 is 1. The molecule has 1 N–H and O–H groups in total. The van der Waals surface area contributed by atoms with Gasteiger partial charge in [-0.15, -0.1) is 0 Å². The molecule has 0 aromatic heterocycles. The van der Waals surface area contributed by atoms with Crippen molar-refractivity contribution in [1.29, 1.82) is 0 Å². The molecule has 0 aliphatic rings. The van der Waals surface area contributed by atoms with Crippen molar-refractivity contribution in [3.63, 3.8) is 0 Å². The molecule has 3 aromatic carbocycles. The molecule has 0 aliphatic carbocycles. The number of hydrogen-bond acceptors (Lipinski definition) is 5. The number of nitrogens with one attached hydrogen (secondary N) is 1. The number of amides is 1. The molecule has 0 atom stereocenters. The highest BCUT2D eigenvalue weighted by atomic mass is 16.5. The van der Waals surface area contributed by atoms with Crippen LogP contribution in [0.5, 0.6) is 11.5 Å². The molecule has 3 aromatic rings. The predicted octanol–water partition coefficient (Wildman–Crippen LogP) is 3.79. The third-order valence-electron chi connectivity index (χ3n) is 4.57. The number of carbonyl (C=O) groups excluding carboxylic acids is 2. The fraction of sp³-hybridized carbons (Fsp3) is 0.200. The van der Waals surface area contributed by atoms with E-state index in [2.05, 4.69) is 5.32 Å². The molecule has 3 rings (SSSR count). The van der Waals surface area contributed by atoms with Gasteiger partial charge in [0.1, 0.15) is 18.1 Å². The largest absolute Gasteiger partial charge is 0.497 e. The number of carbonyl (C=O) groups is 2. The molecular formula is C25H25NO5. The molecule has 0 unspecified atom stereocenters. The van der Waals surface area contributed by atoms with Crippen molar-refractivity contribution in [3.8, 4) is 11.5 Å². The van der Waals surface area contributed by atoms with Crippen LogP contribution in [0.4, 0.5) is 0 Å². The van der Waals surface area contributed by atoms with Crippen molar-refractivity contribution in [2.24, 2.45) is 0 Å². The molecule has 0 saturated carbocycles. The third-order valence-corrected chi connectivity index (χ3v) is 4.57. The lowest BCUT2D eigenvalue weighted by Crippen LogP contribution is -2.30. The maximum atomic E-state index is 12.2. The van der Waals surface area contributed by atoms with E-state index in [0.29, 0.717) is 25.1 Å². The van der Waals surface area contributed by atoms with Gasteiger partial charge in [-0.3, -0.25) is 4.79 Å². The van der Waals surface area contributed by atoms with Crippen LogP contribution in [0.1, 0.15) is 21.5 Å². The van der Waals surface area contributed by atoms with E-state index in [-0.39, 0.29) is 12.5 Å². The van der Waals surface area contributed by atoms with Gasteiger partial charge in [0, 0.05) is 6.54 Å². The van der Waals surface area contributed by atoms with E-state index in [4.69, 9.17) is 14.2 Å². The summed E-state index contributed by atoms with van der Waals surface area (Å²) in [7, 11) is 1.62. The molecule has 0 bridgehead atoms. The number of benzene rings is 3. The van der Waals surface area contributed by atoms with Gasteiger partial charge in [-0.05, 0) is 53.9 Å². The van der Waals surface area contributed by atoms with Gasteiger partial charge in [-0.25, -0.2) is 4.79 Å². The smallest absolute Gasteiger partial charge is 0.338 e. The van der Waals surface area contributed by atoms with Gasteiger partial charge >= 0.3 is 5.97 Å². The molecule has 6 heteroatoms. The Morgan fingerprint density at radius 2 is 1.48 bits per heavy atom. The van der Waals surface area contributed by atoms with Crippen LogP contribution in [0, 0.1) is 0 Å². The van der Waals surface area contributed by atoms with E-state index in [1.54, 1.807) is 31.4 Å². The molecule has 0 radical (unpaired) electrons. The van der Waals surface area contributed by atoms with Crippen LogP contribution in [0.25, 0.3) is 0 Å². The number of esters is 1. The van der Waals surface area contributed by atoms with Crippen LogP contribution in [-0.4, -0.2) is 32.1 Å². The van der Waals surface area contributed by atoms with Gasteiger partial charge in [-0.2, -0.15) is 0 Å². The summed E-state index contributed by atoms with van der Waals surface area (Å²) in [5.74, 6) is 0.691. The first kappa shape index (κ1) is 21.9. The highest BCUT2D eigenvalue weighted by Gasteiger charge is 2.10. The van der Waals surface area contributed by atoms with Gasteiger partial charge in [0.25, 0.3) is 5.91 Å². The van der Waals surface area contributed by atoms with Crippen molar-refractivity contribution in [2.45, 2.75) is 13.0 Å². The van der Waals surface area contributed by atoms with Crippen LogP contribution >= 0.6 is 0 Å². The monoisotopic (exact) mass is 419 g/mol. The zero-order valence-corrected chi connectivity index (χ0v) is 17.4. The number of para-hydroxylation sites is 1. The Balaban J connectivity index is 1.36. The summed E-state index contributed by atoms with van der Waals surface area (Å²) in [5.41, 5.74) is 2.39. The van der Waals surface area contributed by atoms with Crippen molar-refractivity contribution >= 4 is 11.9 Å². The zero-order chi connectivity index (χ0) is 21.9. The standard InChI is InChI=1S/C25H25NO5/c1-29-22-13-9-19(10-14-22)15-16-26-24(27)18-31-25(28)21-11-7-20(8-12-21)17-30-23-5-3-2-4-6-23/h2-14H,15-18H2,1H3,(H,26,27). The van der Waals surface area contributed by atoms with Crippen LogP contribution in [0.2, 0.25) is 0 Å². The summed E-state index contributed by atoms with van der Waals surface area (Å²) >= 11 is 0. The number of ether oxygens (including phenoxy) is 3. The molecule has 31 heavy (non-hydrogen) atoms. The lowest BCUT2D eigenvalue weighted by atomic mass is 10.1. The fourth-order valence-corrected chi connectivity index (χ4v) is 2.82. The Morgan fingerprint density at radius 1 is 0.806 bits per heavy atom. The molecule has 1 amide bonds. The Kier molecular flexibility index (Phi) is 8.05. The molecule has 0 saturated heterocycles. The minimum atomic E-state index is -0.541. The van der Waals surface area contributed by atoms with Gasteiger partial charge in [0.15, 0.2) is 6.61 Å². The topological polar surface area (TPSA) is 73.9 Å².